The molecule has 0 atom stereocenters. The first-order valence-corrected chi connectivity index (χ1v) is 9.85. The summed E-state index contributed by atoms with van der Waals surface area (Å²) in [6.07, 6.45) is 6.60. The quantitative estimate of drug-likeness (QED) is 0.693. The first-order chi connectivity index (χ1) is 14.0. The van der Waals surface area contributed by atoms with Crippen molar-refractivity contribution in [3.05, 3.63) is 62.6 Å². The normalized spacial score (nSPS) is 16.2. The number of aryl methyl sites for hydroxylation is 1. The molecule has 3 heterocycles. The lowest BCUT2D eigenvalue weighted by atomic mass is 10.0. The molecule has 0 radical (unpaired) electrons. The number of hydrogen-bond donors (Lipinski definition) is 2. The summed E-state index contributed by atoms with van der Waals surface area (Å²) in [5.41, 5.74) is 3.66. The van der Waals surface area contributed by atoms with Gasteiger partial charge in [0.15, 0.2) is 0 Å². The fourth-order valence-corrected chi connectivity index (χ4v) is 3.59. The van der Waals surface area contributed by atoms with Gasteiger partial charge in [-0.25, -0.2) is 4.98 Å². The van der Waals surface area contributed by atoms with Crippen molar-refractivity contribution < 1.29 is 0 Å². The lowest BCUT2D eigenvalue weighted by molar-refractivity contribution is 0.360. The van der Waals surface area contributed by atoms with Crippen LogP contribution in [0, 0.1) is 6.92 Å². The fourth-order valence-electron chi connectivity index (χ4n) is 3.59. The Bertz CT molecular complexity index is 1150. The smallest absolute Gasteiger partial charge is 0.271 e. The molecule has 7 nitrogen and oxygen atoms in total. The van der Waals surface area contributed by atoms with E-state index in [0.29, 0.717) is 10.6 Å². The summed E-state index contributed by atoms with van der Waals surface area (Å²) in [7, 11) is 2.16. The molecule has 29 heavy (non-hydrogen) atoms. The van der Waals surface area contributed by atoms with Crippen molar-refractivity contribution in [2.45, 2.75) is 13.3 Å². The van der Waals surface area contributed by atoms with Gasteiger partial charge in [-0.05, 0) is 50.2 Å². The van der Waals surface area contributed by atoms with Gasteiger partial charge in [-0.1, -0.05) is 18.7 Å². The molecule has 0 saturated carbocycles. The zero-order valence-electron chi connectivity index (χ0n) is 16.9. The predicted octanol–water partition coefficient (Wildman–Crippen LogP) is 0.849. The van der Waals surface area contributed by atoms with Crippen molar-refractivity contribution in [2.24, 2.45) is 0 Å². The molecule has 1 aliphatic rings. The molecule has 2 aromatic heterocycles. The summed E-state index contributed by atoms with van der Waals surface area (Å²) in [6.45, 7) is 9.96. The van der Waals surface area contributed by atoms with Gasteiger partial charge in [-0.3, -0.25) is 20.0 Å². The second kappa shape index (κ2) is 8.05. The third-order valence-electron chi connectivity index (χ3n) is 5.44. The summed E-state index contributed by atoms with van der Waals surface area (Å²) in [5.74, 6) is 0.908. The molecule has 4 rings (SSSR count). The van der Waals surface area contributed by atoms with Crippen molar-refractivity contribution in [1.29, 1.82) is 0 Å². The van der Waals surface area contributed by atoms with E-state index in [1.807, 2.05) is 37.4 Å². The first kappa shape index (κ1) is 19.1. The fraction of sp³-hybridized carbons (Fsp3) is 0.318. The van der Waals surface area contributed by atoms with Gasteiger partial charge in [0.2, 0.25) is 0 Å². The molecular weight excluding hydrogens is 364 g/mol. The Kier molecular flexibility index (Phi) is 5.31. The van der Waals surface area contributed by atoms with Gasteiger partial charge in [0.25, 0.3) is 5.56 Å². The van der Waals surface area contributed by atoms with Crippen LogP contribution in [-0.4, -0.2) is 58.3 Å². The SMILES string of the molecule is C=c1[nH][nH]c(=O)c1=Cc1cc(-c2cncc(N3CCCN(C)CC3)n2)ccc1C. The van der Waals surface area contributed by atoms with Gasteiger partial charge >= 0.3 is 0 Å². The van der Waals surface area contributed by atoms with Crippen LogP contribution in [0.3, 0.4) is 0 Å². The van der Waals surface area contributed by atoms with Crippen LogP contribution in [0.2, 0.25) is 0 Å². The van der Waals surface area contributed by atoms with Gasteiger partial charge in [-0.15, -0.1) is 0 Å². The van der Waals surface area contributed by atoms with Crippen LogP contribution < -0.4 is 21.0 Å². The maximum Gasteiger partial charge on any atom is 0.271 e. The predicted molar refractivity (Wildman–Crippen MR) is 116 cm³/mol. The zero-order valence-corrected chi connectivity index (χ0v) is 16.9. The Hall–Kier alpha value is -3.19. The number of hydrogen-bond acceptors (Lipinski definition) is 5. The molecule has 0 bridgehead atoms. The maximum absolute atomic E-state index is 12.0. The number of benzene rings is 1. The molecule has 0 spiro atoms. The average molecular weight is 390 g/mol. The van der Waals surface area contributed by atoms with E-state index >= 15 is 0 Å². The molecule has 1 saturated heterocycles. The van der Waals surface area contributed by atoms with E-state index in [4.69, 9.17) is 4.98 Å². The van der Waals surface area contributed by atoms with E-state index in [-0.39, 0.29) is 5.56 Å². The number of likely N-dealkylation sites (N-methyl/N-ethyl adjacent to an activating group) is 1. The Morgan fingerprint density at radius 3 is 2.79 bits per heavy atom. The molecule has 7 heteroatoms. The Morgan fingerprint density at radius 1 is 1.14 bits per heavy atom. The van der Waals surface area contributed by atoms with Crippen LogP contribution in [0.1, 0.15) is 17.5 Å². The molecule has 2 N–H and O–H groups in total. The summed E-state index contributed by atoms with van der Waals surface area (Å²) >= 11 is 0. The van der Waals surface area contributed by atoms with Gasteiger partial charge in [-0.2, -0.15) is 0 Å². The van der Waals surface area contributed by atoms with E-state index < -0.39 is 0 Å². The van der Waals surface area contributed by atoms with Crippen molar-refractivity contribution in [3.63, 3.8) is 0 Å². The van der Waals surface area contributed by atoms with E-state index in [1.54, 1.807) is 6.20 Å². The number of aromatic nitrogens is 4. The molecule has 1 aromatic carbocycles. The van der Waals surface area contributed by atoms with Gasteiger partial charge in [0.1, 0.15) is 5.82 Å². The van der Waals surface area contributed by atoms with Crippen molar-refractivity contribution in [3.8, 4) is 11.3 Å². The minimum absolute atomic E-state index is 0.173. The Balaban J connectivity index is 1.70. The lowest BCUT2D eigenvalue weighted by Crippen LogP contribution is -2.32. The number of H-pyrrole nitrogens is 2. The molecule has 0 unspecified atom stereocenters. The summed E-state index contributed by atoms with van der Waals surface area (Å²) in [5, 5.41) is 6.45. The number of anilines is 1. The third-order valence-corrected chi connectivity index (χ3v) is 5.44. The Labute approximate surface area is 169 Å². The molecule has 3 aromatic rings. The van der Waals surface area contributed by atoms with Gasteiger partial charge < -0.3 is 9.80 Å². The highest BCUT2D eigenvalue weighted by Gasteiger charge is 2.15. The van der Waals surface area contributed by atoms with Crippen LogP contribution in [0.4, 0.5) is 5.82 Å². The van der Waals surface area contributed by atoms with Crippen LogP contribution in [0.5, 0.6) is 0 Å². The second-order valence-corrected chi connectivity index (χ2v) is 7.59. The zero-order chi connectivity index (χ0) is 20.4. The number of nitrogens with one attached hydrogen (secondary N) is 2. The van der Waals surface area contributed by atoms with Gasteiger partial charge in [0, 0.05) is 25.2 Å². The van der Waals surface area contributed by atoms with Crippen LogP contribution in [-0.2, 0) is 0 Å². The molecule has 0 amide bonds. The van der Waals surface area contributed by atoms with E-state index in [1.165, 1.54) is 0 Å². The lowest BCUT2D eigenvalue weighted by Gasteiger charge is -2.21. The number of aromatic amines is 2. The standard InChI is InChI=1S/C22H26N6O/c1-15-5-6-17(11-18(15)12-19-16(2)25-26-22(19)29)20-13-23-14-21(24-20)28-8-4-7-27(3)9-10-28/h5-6,11-14,25H,2,4,7-10H2,1,3H3,(H,26,29). The molecule has 150 valence electrons. The van der Waals surface area contributed by atoms with Crippen molar-refractivity contribution >= 4 is 18.5 Å². The average Bonchev–Trinajstić information content (AvgIpc) is 2.91. The Morgan fingerprint density at radius 2 is 2.00 bits per heavy atom. The van der Waals surface area contributed by atoms with Crippen molar-refractivity contribution in [1.82, 2.24) is 25.1 Å². The molecule has 1 fully saturated rings. The third kappa shape index (κ3) is 4.14. The van der Waals surface area contributed by atoms with E-state index in [0.717, 1.165) is 60.8 Å². The second-order valence-electron chi connectivity index (χ2n) is 7.59. The highest BCUT2D eigenvalue weighted by molar-refractivity contribution is 5.67. The summed E-state index contributed by atoms with van der Waals surface area (Å²) in [4.78, 5) is 26.0. The van der Waals surface area contributed by atoms with E-state index in [9.17, 15) is 4.79 Å². The molecule has 1 aliphatic heterocycles. The molecule has 0 aliphatic carbocycles. The number of rotatable bonds is 3. The number of nitrogens with zero attached hydrogens (tertiary/aromatic N) is 4. The minimum atomic E-state index is -0.173. The van der Waals surface area contributed by atoms with Crippen LogP contribution >= 0.6 is 0 Å². The van der Waals surface area contributed by atoms with Crippen LogP contribution in [0.15, 0.2) is 35.4 Å². The topological polar surface area (TPSA) is 80.9 Å². The highest BCUT2D eigenvalue weighted by Crippen LogP contribution is 2.23. The van der Waals surface area contributed by atoms with Gasteiger partial charge in [0.05, 0.1) is 28.7 Å². The largest absolute Gasteiger partial charge is 0.354 e. The van der Waals surface area contributed by atoms with E-state index in [2.05, 4.69) is 38.6 Å². The van der Waals surface area contributed by atoms with Crippen LogP contribution in [0.25, 0.3) is 23.9 Å². The minimum Gasteiger partial charge on any atom is -0.354 e. The highest BCUT2D eigenvalue weighted by atomic mass is 16.1. The molecular formula is C22H26N6O. The first-order valence-electron chi connectivity index (χ1n) is 9.85. The summed E-state index contributed by atoms with van der Waals surface area (Å²) < 4.78 is 0. The maximum atomic E-state index is 12.0. The monoisotopic (exact) mass is 390 g/mol. The summed E-state index contributed by atoms with van der Waals surface area (Å²) in [6, 6.07) is 6.13. The van der Waals surface area contributed by atoms with Crippen molar-refractivity contribution in [2.75, 3.05) is 38.1 Å².